The van der Waals surface area contributed by atoms with Crippen molar-refractivity contribution in [3.8, 4) is 5.75 Å². The van der Waals surface area contributed by atoms with Crippen LogP contribution >= 0.6 is 34.7 Å². The molecule has 0 bridgehead atoms. The predicted octanol–water partition coefficient (Wildman–Crippen LogP) is 4.88. The van der Waals surface area contributed by atoms with E-state index >= 15 is 0 Å². The quantitative estimate of drug-likeness (QED) is 0.464. The van der Waals surface area contributed by atoms with Crippen molar-refractivity contribution in [2.75, 3.05) is 12.4 Å². The molecule has 0 radical (unpaired) electrons. The summed E-state index contributed by atoms with van der Waals surface area (Å²) in [6, 6.07) is 11.3. The number of hydrogen-bond donors (Lipinski definition) is 1. The number of benzene rings is 2. The Kier molecular flexibility index (Phi) is 6.08. The van der Waals surface area contributed by atoms with Gasteiger partial charge in [0.2, 0.25) is 5.13 Å². The number of methoxy groups -OCH3 is 1. The Morgan fingerprint density at radius 1 is 1.31 bits per heavy atom. The van der Waals surface area contributed by atoms with Crippen molar-refractivity contribution in [1.82, 2.24) is 10.2 Å². The number of carbonyl (C=O) groups is 1. The minimum Gasteiger partial charge on any atom is -0.495 e. The van der Waals surface area contributed by atoms with Gasteiger partial charge in [0.05, 0.1) is 12.1 Å². The zero-order valence-electron chi connectivity index (χ0n) is 13.5. The van der Waals surface area contributed by atoms with Gasteiger partial charge in [0.25, 0.3) is 5.91 Å². The average Bonchev–Trinajstić information content (AvgIpc) is 3.08. The standard InChI is InChI=1S/C17H13ClFN3O2S2/c1-24-14-7-6-10(8-12(14)18)15(23)20-16-21-22-17(26-16)25-9-11-4-2-3-5-13(11)19/h2-8H,9H2,1H3,(H,20,21,23). The maximum absolute atomic E-state index is 13.6. The van der Waals surface area contributed by atoms with Crippen LogP contribution in [0.4, 0.5) is 9.52 Å². The molecule has 3 rings (SSSR count). The number of hydrogen-bond acceptors (Lipinski definition) is 6. The molecule has 0 atom stereocenters. The lowest BCUT2D eigenvalue weighted by Crippen LogP contribution is -2.11. The molecule has 9 heteroatoms. The van der Waals surface area contributed by atoms with Crippen LogP contribution in [0.2, 0.25) is 5.02 Å². The van der Waals surface area contributed by atoms with E-state index in [9.17, 15) is 9.18 Å². The van der Waals surface area contributed by atoms with Crippen LogP contribution in [0.5, 0.6) is 5.75 Å². The summed E-state index contributed by atoms with van der Waals surface area (Å²) in [7, 11) is 1.50. The minimum atomic E-state index is -0.351. The third-order valence-electron chi connectivity index (χ3n) is 3.35. The molecule has 0 spiro atoms. The maximum Gasteiger partial charge on any atom is 0.257 e. The van der Waals surface area contributed by atoms with Crippen LogP contribution in [0.1, 0.15) is 15.9 Å². The number of halogens is 2. The lowest BCUT2D eigenvalue weighted by molar-refractivity contribution is 0.102. The summed E-state index contributed by atoms with van der Waals surface area (Å²) in [5, 5.41) is 11.3. The molecule has 0 aliphatic carbocycles. The topological polar surface area (TPSA) is 64.1 Å². The fraction of sp³-hybridized carbons (Fsp3) is 0.118. The first-order valence-corrected chi connectivity index (χ1v) is 9.59. The van der Waals surface area contributed by atoms with Gasteiger partial charge in [-0.25, -0.2) is 4.39 Å². The molecule has 0 fully saturated rings. The summed E-state index contributed by atoms with van der Waals surface area (Å²) in [6.45, 7) is 0. The number of rotatable bonds is 6. The highest BCUT2D eigenvalue weighted by Gasteiger charge is 2.13. The number of amides is 1. The maximum atomic E-state index is 13.6. The Balaban J connectivity index is 1.62. The molecule has 2 aromatic carbocycles. The van der Waals surface area contributed by atoms with Crippen LogP contribution in [0.25, 0.3) is 0 Å². The molecule has 0 saturated carbocycles. The van der Waals surface area contributed by atoms with E-state index in [1.54, 1.807) is 30.3 Å². The zero-order chi connectivity index (χ0) is 18.5. The molecule has 1 aromatic heterocycles. The highest BCUT2D eigenvalue weighted by atomic mass is 35.5. The second kappa shape index (κ2) is 8.48. The number of nitrogens with zero attached hydrogens (tertiary/aromatic N) is 2. The SMILES string of the molecule is COc1ccc(C(=O)Nc2nnc(SCc3ccccc3F)s2)cc1Cl. The van der Waals surface area contributed by atoms with Gasteiger partial charge < -0.3 is 4.74 Å². The van der Waals surface area contributed by atoms with E-state index in [4.69, 9.17) is 16.3 Å². The van der Waals surface area contributed by atoms with E-state index in [0.717, 1.165) is 0 Å². The highest BCUT2D eigenvalue weighted by molar-refractivity contribution is 8.00. The Labute approximate surface area is 162 Å². The number of carbonyl (C=O) groups excluding carboxylic acids is 1. The normalized spacial score (nSPS) is 10.6. The average molecular weight is 410 g/mol. The van der Waals surface area contributed by atoms with Gasteiger partial charge in [0, 0.05) is 11.3 Å². The molecule has 1 N–H and O–H groups in total. The van der Waals surface area contributed by atoms with Crippen LogP contribution in [0.3, 0.4) is 0 Å². The van der Waals surface area contributed by atoms with Gasteiger partial charge in [-0.15, -0.1) is 10.2 Å². The molecular formula is C17H13ClFN3O2S2. The van der Waals surface area contributed by atoms with Crippen molar-refractivity contribution in [2.24, 2.45) is 0 Å². The predicted molar refractivity (Wildman–Crippen MR) is 102 cm³/mol. The summed E-state index contributed by atoms with van der Waals surface area (Å²) >= 11 is 8.60. The Hall–Kier alpha value is -2.16. The highest BCUT2D eigenvalue weighted by Crippen LogP contribution is 2.30. The number of ether oxygens (including phenoxy) is 1. The molecule has 5 nitrogen and oxygen atoms in total. The Morgan fingerprint density at radius 2 is 2.12 bits per heavy atom. The molecule has 1 amide bonds. The van der Waals surface area contributed by atoms with Crippen molar-refractivity contribution in [3.05, 3.63) is 64.4 Å². The monoisotopic (exact) mass is 409 g/mol. The molecule has 1 heterocycles. The molecule has 26 heavy (non-hydrogen) atoms. The van der Waals surface area contributed by atoms with Crippen molar-refractivity contribution in [2.45, 2.75) is 10.1 Å². The summed E-state index contributed by atoms with van der Waals surface area (Å²) in [5.74, 6) is 0.320. The van der Waals surface area contributed by atoms with Crippen molar-refractivity contribution in [3.63, 3.8) is 0 Å². The Morgan fingerprint density at radius 3 is 2.85 bits per heavy atom. The van der Waals surface area contributed by atoms with Gasteiger partial charge in [-0.2, -0.15) is 0 Å². The van der Waals surface area contributed by atoms with Crippen molar-refractivity contribution >= 4 is 45.7 Å². The van der Waals surface area contributed by atoms with Crippen LogP contribution in [-0.4, -0.2) is 23.2 Å². The number of anilines is 1. The molecule has 0 aliphatic rings. The largest absolute Gasteiger partial charge is 0.495 e. The van der Waals surface area contributed by atoms with Gasteiger partial charge in [0.1, 0.15) is 11.6 Å². The van der Waals surface area contributed by atoms with Crippen LogP contribution in [0.15, 0.2) is 46.8 Å². The van der Waals surface area contributed by atoms with E-state index in [0.29, 0.717) is 37.1 Å². The third-order valence-corrected chi connectivity index (χ3v) is 5.67. The molecule has 0 aliphatic heterocycles. The van der Waals surface area contributed by atoms with E-state index in [2.05, 4.69) is 15.5 Å². The Bertz CT molecular complexity index is 936. The van der Waals surface area contributed by atoms with Gasteiger partial charge >= 0.3 is 0 Å². The van der Waals surface area contributed by atoms with Crippen LogP contribution in [-0.2, 0) is 5.75 Å². The van der Waals surface area contributed by atoms with E-state index in [1.807, 2.05) is 0 Å². The molecule has 0 unspecified atom stereocenters. The summed E-state index contributed by atoms with van der Waals surface area (Å²) < 4.78 is 19.3. The smallest absolute Gasteiger partial charge is 0.257 e. The number of nitrogens with one attached hydrogen (secondary N) is 1. The minimum absolute atomic E-state index is 0.255. The molecular weight excluding hydrogens is 397 g/mol. The van der Waals surface area contributed by atoms with E-state index in [1.165, 1.54) is 42.3 Å². The fourth-order valence-electron chi connectivity index (χ4n) is 2.05. The number of thioether (sulfide) groups is 1. The van der Waals surface area contributed by atoms with Gasteiger partial charge in [-0.1, -0.05) is 52.9 Å². The van der Waals surface area contributed by atoms with Crippen molar-refractivity contribution < 1.29 is 13.9 Å². The van der Waals surface area contributed by atoms with Crippen LogP contribution < -0.4 is 10.1 Å². The van der Waals surface area contributed by atoms with E-state index < -0.39 is 0 Å². The van der Waals surface area contributed by atoms with Crippen LogP contribution in [0, 0.1) is 5.82 Å². The summed E-state index contributed by atoms with van der Waals surface area (Å²) in [6.07, 6.45) is 0. The lowest BCUT2D eigenvalue weighted by atomic mass is 10.2. The zero-order valence-corrected chi connectivity index (χ0v) is 15.9. The second-order valence-electron chi connectivity index (χ2n) is 5.06. The first-order chi connectivity index (χ1) is 12.6. The lowest BCUT2D eigenvalue weighted by Gasteiger charge is -2.05. The fourth-order valence-corrected chi connectivity index (χ4v) is 4.04. The molecule has 3 aromatic rings. The first kappa shape index (κ1) is 18.6. The first-order valence-electron chi connectivity index (χ1n) is 7.41. The van der Waals surface area contributed by atoms with Gasteiger partial charge in [-0.05, 0) is 29.8 Å². The van der Waals surface area contributed by atoms with Gasteiger partial charge in [-0.3, -0.25) is 10.1 Å². The summed E-state index contributed by atoms with van der Waals surface area (Å²) in [4.78, 5) is 12.3. The van der Waals surface area contributed by atoms with E-state index in [-0.39, 0.29) is 11.7 Å². The second-order valence-corrected chi connectivity index (χ2v) is 7.66. The summed E-state index contributed by atoms with van der Waals surface area (Å²) in [5.41, 5.74) is 0.970. The van der Waals surface area contributed by atoms with Gasteiger partial charge in [0.15, 0.2) is 4.34 Å². The molecule has 134 valence electrons. The van der Waals surface area contributed by atoms with Crippen molar-refractivity contribution in [1.29, 1.82) is 0 Å². The molecule has 0 saturated heterocycles. The number of aromatic nitrogens is 2. The third kappa shape index (κ3) is 4.51.